The predicted molar refractivity (Wildman–Crippen MR) is 61.8 cm³/mol. The van der Waals surface area contributed by atoms with E-state index in [1.54, 1.807) is 0 Å². The number of benzene rings is 1. The molecule has 1 nitrogen and oxygen atoms in total. The largest absolute Gasteiger partial charge is 0.416 e. The molecule has 0 radical (unpaired) electrons. The van der Waals surface area contributed by atoms with Crippen LogP contribution < -0.4 is 0 Å². The van der Waals surface area contributed by atoms with Crippen molar-refractivity contribution < 1.29 is 31.4 Å². The molecule has 0 aliphatic rings. The van der Waals surface area contributed by atoms with E-state index < -0.39 is 30.1 Å². The van der Waals surface area contributed by atoms with Gasteiger partial charge in [0.25, 0.3) is 0 Å². The third-order valence-corrected chi connectivity index (χ3v) is 2.90. The van der Waals surface area contributed by atoms with Gasteiger partial charge in [-0.2, -0.15) is 26.3 Å². The highest BCUT2D eigenvalue weighted by molar-refractivity contribution is 5.68. The second kappa shape index (κ2) is 5.47. The van der Waals surface area contributed by atoms with Gasteiger partial charge in [-0.1, -0.05) is 0 Å². The molecule has 0 aliphatic carbocycles. The van der Waals surface area contributed by atoms with Crippen LogP contribution in [0.5, 0.6) is 0 Å². The Balaban J connectivity index is 3.55. The zero-order valence-corrected chi connectivity index (χ0v) is 10.7. The number of rotatable bonds is 2. The SMILES string of the molecule is C/C(CO)=C(\C)c1cc(C(F)(F)F)cc(C(F)(F)F)c1. The summed E-state index contributed by atoms with van der Waals surface area (Å²) in [6.07, 6.45) is -9.74. The Hall–Kier alpha value is -1.50. The highest BCUT2D eigenvalue weighted by Crippen LogP contribution is 2.37. The summed E-state index contributed by atoms with van der Waals surface area (Å²) in [6.45, 7) is 2.35. The van der Waals surface area contributed by atoms with Crippen molar-refractivity contribution in [3.63, 3.8) is 0 Å². The third-order valence-electron chi connectivity index (χ3n) is 2.90. The molecule has 0 saturated heterocycles. The lowest BCUT2D eigenvalue weighted by molar-refractivity contribution is -0.143. The maximum absolute atomic E-state index is 12.6. The van der Waals surface area contributed by atoms with Crippen LogP contribution in [0.3, 0.4) is 0 Å². The lowest BCUT2D eigenvalue weighted by Gasteiger charge is -2.15. The molecule has 1 rings (SSSR count). The molecule has 0 atom stereocenters. The lowest BCUT2D eigenvalue weighted by Crippen LogP contribution is -2.11. The second-order valence-electron chi connectivity index (χ2n) is 4.36. The van der Waals surface area contributed by atoms with E-state index in [2.05, 4.69) is 0 Å². The van der Waals surface area contributed by atoms with Crippen LogP contribution in [0.1, 0.15) is 30.5 Å². The van der Waals surface area contributed by atoms with Gasteiger partial charge in [-0.25, -0.2) is 0 Å². The number of hydrogen-bond donors (Lipinski definition) is 1. The van der Waals surface area contributed by atoms with E-state index in [-0.39, 0.29) is 17.2 Å². The van der Waals surface area contributed by atoms with E-state index in [0.717, 1.165) is 0 Å². The minimum Gasteiger partial charge on any atom is -0.392 e. The maximum Gasteiger partial charge on any atom is 0.416 e. The monoisotopic (exact) mass is 298 g/mol. The topological polar surface area (TPSA) is 20.2 Å². The van der Waals surface area contributed by atoms with Crippen LogP contribution in [0, 0.1) is 0 Å². The van der Waals surface area contributed by atoms with E-state index in [4.69, 9.17) is 5.11 Å². The maximum atomic E-state index is 12.6. The molecule has 0 unspecified atom stereocenters. The molecule has 0 spiro atoms. The van der Waals surface area contributed by atoms with E-state index in [9.17, 15) is 26.3 Å². The molecular formula is C13H12F6O. The van der Waals surface area contributed by atoms with Gasteiger partial charge in [0.1, 0.15) is 0 Å². The normalized spacial score (nSPS) is 14.2. The van der Waals surface area contributed by atoms with Crippen LogP contribution in [0.2, 0.25) is 0 Å². The molecule has 0 aliphatic heterocycles. The molecular weight excluding hydrogens is 286 g/mol. The zero-order valence-electron chi connectivity index (χ0n) is 10.7. The first-order valence-corrected chi connectivity index (χ1v) is 5.54. The highest BCUT2D eigenvalue weighted by atomic mass is 19.4. The average molecular weight is 298 g/mol. The van der Waals surface area contributed by atoms with Gasteiger partial charge in [-0.15, -0.1) is 0 Å². The average Bonchev–Trinajstić information content (AvgIpc) is 2.34. The molecule has 112 valence electrons. The molecule has 0 saturated carbocycles. The van der Waals surface area contributed by atoms with E-state index in [0.29, 0.717) is 17.7 Å². The van der Waals surface area contributed by atoms with Gasteiger partial charge in [0.05, 0.1) is 17.7 Å². The Labute approximate surface area is 111 Å². The minimum atomic E-state index is -4.87. The van der Waals surface area contributed by atoms with Crippen LogP contribution in [0.25, 0.3) is 5.57 Å². The Bertz CT molecular complexity index is 492. The van der Waals surface area contributed by atoms with Crippen molar-refractivity contribution in [1.82, 2.24) is 0 Å². The van der Waals surface area contributed by atoms with Crippen molar-refractivity contribution in [1.29, 1.82) is 0 Å². The van der Waals surface area contributed by atoms with Gasteiger partial charge in [0.2, 0.25) is 0 Å². The molecule has 1 N–H and O–H groups in total. The van der Waals surface area contributed by atoms with Crippen molar-refractivity contribution in [2.24, 2.45) is 0 Å². The molecule has 0 bridgehead atoms. The third kappa shape index (κ3) is 3.75. The van der Waals surface area contributed by atoms with Crippen molar-refractivity contribution in [3.05, 3.63) is 40.5 Å². The first-order chi connectivity index (χ1) is 8.96. The summed E-state index contributed by atoms with van der Waals surface area (Å²) in [5, 5.41) is 8.92. The molecule has 1 aromatic rings. The summed E-state index contributed by atoms with van der Waals surface area (Å²) in [7, 11) is 0. The summed E-state index contributed by atoms with van der Waals surface area (Å²) in [4.78, 5) is 0. The number of halogens is 6. The van der Waals surface area contributed by atoms with Gasteiger partial charge in [0.15, 0.2) is 0 Å². The Morgan fingerprint density at radius 3 is 1.60 bits per heavy atom. The second-order valence-corrected chi connectivity index (χ2v) is 4.36. The number of aliphatic hydroxyl groups excluding tert-OH is 1. The van der Waals surface area contributed by atoms with Gasteiger partial charge in [-0.3, -0.25) is 0 Å². The summed E-state index contributed by atoms with van der Waals surface area (Å²) in [5.74, 6) is 0. The fourth-order valence-electron chi connectivity index (χ4n) is 1.54. The van der Waals surface area contributed by atoms with E-state index in [1.165, 1.54) is 13.8 Å². The summed E-state index contributed by atoms with van der Waals surface area (Å²) in [5.41, 5.74) is -2.46. The molecule has 0 heterocycles. The number of alkyl halides is 6. The summed E-state index contributed by atoms with van der Waals surface area (Å²) >= 11 is 0. The van der Waals surface area contributed by atoms with Crippen molar-refractivity contribution in [3.8, 4) is 0 Å². The quantitative estimate of drug-likeness (QED) is 0.796. The minimum absolute atomic E-state index is 0.0745. The number of allylic oxidation sites excluding steroid dienone is 1. The predicted octanol–water partition coefficient (Wildman–Crippen LogP) is 4.51. The highest BCUT2D eigenvalue weighted by Gasteiger charge is 2.37. The molecule has 0 aromatic heterocycles. The Morgan fingerprint density at radius 2 is 1.30 bits per heavy atom. The first-order valence-electron chi connectivity index (χ1n) is 5.54. The van der Waals surface area contributed by atoms with Crippen LogP contribution >= 0.6 is 0 Å². The fraction of sp³-hybridized carbons (Fsp3) is 0.385. The standard InChI is InChI=1S/C13H12F6O/c1-7(6-20)8(2)9-3-10(12(14,15)16)5-11(4-9)13(17,18)19/h3-5,20H,6H2,1-2H3/b8-7-. The summed E-state index contributed by atoms with van der Waals surface area (Å²) < 4.78 is 75.9. The fourth-order valence-corrected chi connectivity index (χ4v) is 1.54. The van der Waals surface area contributed by atoms with E-state index >= 15 is 0 Å². The molecule has 0 fully saturated rings. The lowest BCUT2D eigenvalue weighted by atomic mass is 9.97. The summed E-state index contributed by atoms with van der Waals surface area (Å²) in [6, 6.07) is 1.36. The molecule has 20 heavy (non-hydrogen) atoms. The van der Waals surface area contributed by atoms with Crippen LogP contribution in [0.15, 0.2) is 23.8 Å². The number of aliphatic hydroxyl groups is 1. The van der Waals surface area contributed by atoms with Crippen LogP contribution in [-0.2, 0) is 12.4 Å². The molecule has 1 aromatic carbocycles. The molecule has 0 amide bonds. The van der Waals surface area contributed by atoms with Crippen molar-refractivity contribution in [2.75, 3.05) is 6.61 Å². The van der Waals surface area contributed by atoms with Crippen LogP contribution in [0.4, 0.5) is 26.3 Å². The Morgan fingerprint density at radius 1 is 0.900 bits per heavy atom. The van der Waals surface area contributed by atoms with Gasteiger partial charge < -0.3 is 5.11 Å². The molecule has 7 heteroatoms. The smallest absolute Gasteiger partial charge is 0.392 e. The first kappa shape index (κ1) is 16.6. The van der Waals surface area contributed by atoms with Gasteiger partial charge in [0, 0.05) is 0 Å². The van der Waals surface area contributed by atoms with Crippen molar-refractivity contribution in [2.45, 2.75) is 26.2 Å². The number of hydrogen-bond acceptors (Lipinski definition) is 1. The van der Waals surface area contributed by atoms with Crippen LogP contribution in [-0.4, -0.2) is 11.7 Å². The van der Waals surface area contributed by atoms with Gasteiger partial charge >= 0.3 is 12.4 Å². The van der Waals surface area contributed by atoms with Gasteiger partial charge in [-0.05, 0) is 48.8 Å². The zero-order chi connectivity index (χ0) is 15.7. The Kier molecular flexibility index (Phi) is 4.53. The van der Waals surface area contributed by atoms with E-state index in [1.807, 2.05) is 0 Å². The van der Waals surface area contributed by atoms with Crippen molar-refractivity contribution >= 4 is 5.57 Å².